The van der Waals surface area contributed by atoms with Crippen molar-refractivity contribution >= 4 is 100 Å². The fourth-order valence-corrected chi connectivity index (χ4v) is 7.38. The highest BCUT2D eigenvalue weighted by Crippen LogP contribution is 2.45. The zero-order chi connectivity index (χ0) is 45.9. The number of benzene rings is 4. The van der Waals surface area contributed by atoms with E-state index in [-0.39, 0.29) is 66.8 Å². The first-order valence-electron chi connectivity index (χ1n) is 17.8. The molecule has 25 heteroatoms. The highest BCUT2D eigenvalue weighted by molar-refractivity contribution is 7.89. The minimum atomic E-state index is -4.25. The summed E-state index contributed by atoms with van der Waals surface area (Å²) in [6.45, 7) is -0.257. The SMILES string of the molecule is Cc1c(N=Nc2cc(OCC(=O)O)c(N=Nc3nc(-c4cccc(Cl)c4)c(/N=N/c4ccc(S(N)(=O)=O)cc4C(=O)O)s3)cc2OCC(=O)O)c(O)n2c(nc3ccccc32)c1C#N. The number of para-hydroxylation sites is 2. The van der Waals surface area contributed by atoms with Crippen molar-refractivity contribution in [3.8, 4) is 34.7 Å². The van der Waals surface area contributed by atoms with Gasteiger partial charge in [0.05, 0.1) is 21.5 Å². The second-order valence-corrected chi connectivity index (χ2v) is 15.9. The number of ether oxygens (including phenoxy) is 2. The maximum Gasteiger partial charge on any atom is 0.341 e. The van der Waals surface area contributed by atoms with E-state index in [9.17, 15) is 48.5 Å². The number of nitrogens with zero attached hydrogens (tertiary/aromatic N) is 10. The van der Waals surface area contributed by atoms with Gasteiger partial charge in [-0.15, -0.1) is 30.7 Å². The van der Waals surface area contributed by atoms with E-state index in [0.29, 0.717) is 21.6 Å². The van der Waals surface area contributed by atoms with Crippen LogP contribution in [0.3, 0.4) is 0 Å². The standard InChI is InChI=1S/C39H26ClN11O11S2/c1-18-23(15-41)35-43-25-7-2-3-8-28(25)51(35)37(56)33(18)48-46-26-13-30(62-17-32(54)55)27(14-29(26)61-16-31(52)53)47-50-39-44-34(19-5-4-6-20(40)11-19)36(63-39)49-45-24-10-9-21(64(42,59)60)12-22(24)38(57)58/h2-14,56H,16-17H2,1H3,(H,52,53)(H,54,55)(H,57,58)(H2,42,59,60)/b48-46?,49-45+,50-47?. The van der Waals surface area contributed by atoms with Crippen molar-refractivity contribution in [2.24, 2.45) is 35.8 Å². The zero-order valence-electron chi connectivity index (χ0n) is 32.3. The molecule has 322 valence electrons. The summed E-state index contributed by atoms with van der Waals surface area (Å²) in [5.74, 6) is -5.21. The summed E-state index contributed by atoms with van der Waals surface area (Å²) < 4.78 is 36.1. The third-order valence-corrected chi connectivity index (χ3v) is 10.7. The molecule has 0 fully saturated rings. The lowest BCUT2D eigenvalue weighted by Crippen LogP contribution is -2.13. The Morgan fingerprint density at radius 3 is 2.12 bits per heavy atom. The number of aromatic nitrogens is 3. The molecule has 0 spiro atoms. The van der Waals surface area contributed by atoms with Crippen LogP contribution in [-0.4, -0.2) is 74.3 Å². The van der Waals surface area contributed by atoms with Crippen molar-refractivity contribution in [1.29, 1.82) is 5.26 Å². The van der Waals surface area contributed by atoms with Crippen molar-refractivity contribution in [1.82, 2.24) is 14.4 Å². The summed E-state index contributed by atoms with van der Waals surface area (Å²) in [5, 5.41) is 80.6. The fourth-order valence-electron chi connectivity index (χ4n) is 5.91. The third kappa shape index (κ3) is 9.31. The Bertz CT molecular complexity index is 3330. The van der Waals surface area contributed by atoms with Crippen LogP contribution in [0.4, 0.5) is 32.9 Å². The van der Waals surface area contributed by atoms with Crippen LogP contribution < -0.4 is 14.6 Å². The highest BCUT2D eigenvalue weighted by Gasteiger charge is 2.23. The van der Waals surface area contributed by atoms with Crippen LogP contribution in [-0.2, 0) is 19.6 Å². The van der Waals surface area contributed by atoms with Crippen LogP contribution in [0.25, 0.3) is 27.9 Å². The third-order valence-electron chi connectivity index (χ3n) is 8.77. The van der Waals surface area contributed by atoms with Crippen molar-refractivity contribution < 1.29 is 52.7 Å². The number of imidazole rings is 1. The van der Waals surface area contributed by atoms with Crippen LogP contribution in [0.1, 0.15) is 21.5 Å². The molecule has 0 aliphatic carbocycles. The number of thiazole rings is 1. The lowest BCUT2D eigenvalue weighted by molar-refractivity contribution is -0.140. The van der Waals surface area contributed by atoms with Crippen molar-refractivity contribution in [2.75, 3.05) is 13.2 Å². The first-order chi connectivity index (χ1) is 30.5. The Morgan fingerprint density at radius 2 is 1.50 bits per heavy atom. The van der Waals surface area contributed by atoms with E-state index in [2.05, 4.69) is 46.7 Å². The van der Waals surface area contributed by atoms with Crippen LogP contribution in [0.15, 0.2) is 114 Å². The molecule has 0 amide bonds. The number of aromatic carboxylic acids is 1. The van der Waals surface area contributed by atoms with E-state index in [0.717, 1.165) is 41.7 Å². The number of nitriles is 1. The monoisotopic (exact) mass is 923 g/mol. The van der Waals surface area contributed by atoms with E-state index in [1.807, 2.05) is 0 Å². The molecule has 0 aliphatic rings. The van der Waals surface area contributed by atoms with Gasteiger partial charge in [0.15, 0.2) is 29.5 Å². The number of hydrogen-bond acceptors (Lipinski definition) is 18. The summed E-state index contributed by atoms with van der Waals surface area (Å²) in [6.07, 6.45) is 0. The predicted molar refractivity (Wildman–Crippen MR) is 226 cm³/mol. The smallest absolute Gasteiger partial charge is 0.341 e. The molecule has 7 rings (SSSR count). The van der Waals surface area contributed by atoms with E-state index in [4.69, 9.17) is 26.2 Å². The lowest BCUT2D eigenvalue weighted by atomic mass is 10.1. The molecule has 7 aromatic rings. The van der Waals surface area contributed by atoms with Crippen LogP contribution in [0.2, 0.25) is 5.02 Å². The first kappa shape index (κ1) is 43.8. The number of carboxylic acids is 3. The van der Waals surface area contributed by atoms with E-state index in [1.54, 1.807) is 48.5 Å². The topological polar surface area (TPSA) is 339 Å². The summed E-state index contributed by atoms with van der Waals surface area (Å²) in [7, 11) is -4.25. The minimum Gasteiger partial charge on any atom is -0.493 e. The Kier molecular flexibility index (Phi) is 12.3. The number of aromatic hydroxyl groups is 1. The molecule has 64 heavy (non-hydrogen) atoms. The number of primary sulfonamides is 1. The van der Waals surface area contributed by atoms with Crippen LogP contribution >= 0.6 is 22.9 Å². The second-order valence-electron chi connectivity index (χ2n) is 13.0. The molecule has 0 atom stereocenters. The molecular formula is C39H26ClN11O11S2. The molecule has 3 heterocycles. The van der Waals surface area contributed by atoms with E-state index in [1.165, 1.54) is 11.3 Å². The normalized spacial score (nSPS) is 11.8. The largest absolute Gasteiger partial charge is 0.493 e. The van der Waals surface area contributed by atoms with Gasteiger partial charge in [0.25, 0.3) is 0 Å². The molecule has 0 saturated heterocycles. The molecular weight excluding hydrogens is 898 g/mol. The molecule has 0 radical (unpaired) electrons. The molecule has 4 aromatic carbocycles. The Labute approximate surface area is 367 Å². The number of carboxylic acid groups (broad SMARTS) is 3. The minimum absolute atomic E-state index is 0.0617. The maximum absolute atomic E-state index is 12.0. The van der Waals surface area contributed by atoms with Gasteiger partial charge in [-0.3, -0.25) is 4.40 Å². The number of pyridine rings is 1. The zero-order valence-corrected chi connectivity index (χ0v) is 34.7. The summed E-state index contributed by atoms with van der Waals surface area (Å²) in [4.78, 5) is 43.8. The number of sulfonamides is 1. The quantitative estimate of drug-likeness (QED) is 0.0601. The predicted octanol–water partition coefficient (Wildman–Crippen LogP) is 8.67. The number of rotatable bonds is 15. The number of halogens is 1. The Morgan fingerprint density at radius 1 is 0.844 bits per heavy atom. The van der Waals surface area contributed by atoms with Gasteiger partial charge < -0.3 is 29.9 Å². The molecule has 3 aromatic heterocycles. The Balaban J connectivity index is 1.32. The second kappa shape index (κ2) is 18.0. The summed E-state index contributed by atoms with van der Waals surface area (Å²) in [5.41, 5.74) is 0.666. The van der Waals surface area contributed by atoms with Gasteiger partial charge in [0.1, 0.15) is 45.9 Å². The van der Waals surface area contributed by atoms with Gasteiger partial charge >= 0.3 is 17.9 Å². The van der Waals surface area contributed by atoms with Gasteiger partial charge in [-0.25, -0.2) is 37.9 Å². The number of carbonyl (C=O) groups is 3. The number of hydrogen-bond donors (Lipinski definition) is 5. The molecule has 0 aliphatic heterocycles. The van der Waals surface area contributed by atoms with Gasteiger partial charge in [0, 0.05) is 28.3 Å². The van der Waals surface area contributed by atoms with Gasteiger partial charge in [-0.2, -0.15) is 5.26 Å². The fraction of sp³-hybridized carbons (Fsp3) is 0.0769. The van der Waals surface area contributed by atoms with Crippen molar-refractivity contribution in [2.45, 2.75) is 11.8 Å². The van der Waals surface area contributed by atoms with E-state index >= 15 is 0 Å². The van der Waals surface area contributed by atoms with Gasteiger partial charge in [-0.1, -0.05) is 47.2 Å². The van der Waals surface area contributed by atoms with Crippen LogP contribution in [0.5, 0.6) is 17.4 Å². The number of azo groups is 3. The number of nitrogens with two attached hydrogens (primary N) is 1. The number of aliphatic carboxylic acids is 2. The van der Waals surface area contributed by atoms with Gasteiger partial charge in [-0.05, 0) is 49.4 Å². The molecule has 0 unspecified atom stereocenters. The average Bonchev–Trinajstić information content (AvgIpc) is 3.85. The number of fused-ring (bicyclic) bond motifs is 3. The summed E-state index contributed by atoms with van der Waals surface area (Å²) in [6, 6.07) is 20.6. The van der Waals surface area contributed by atoms with Crippen LogP contribution in [0, 0.1) is 18.3 Å². The maximum atomic E-state index is 12.0. The van der Waals surface area contributed by atoms with Gasteiger partial charge in [0.2, 0.25) is 21.0 Å². The highest BCUT2D eigenvalue weighted by atomic mass is 35.5. The van der Waals surface area contributed by atoms with Crippen molar-refractivity contribution in [3.05, 3.63) is 101 Å². The molecule has 0 saturated carbocycles. The van der Waals surface area contributed by atoms with E-state index < -0.39 is 57.5 Å². The molecule has 22 nitrogen and oxygen atoms in total. The Hall–Kier alpha value is -8.24. The molecule has 0 bridgehead atoms. The summed E-state index contributed by atoms with van der Waals surface area (Å²) >= 11 is 7.06. The van der Waals surface area contributed by atoms with Crippen molar-refractivity contribution in [3.63, 3.8) is 0 Å². The molecule has 6 N–H and O–H groups in total. The first-order valence-corrected chi connectivity index (χ1v) is 20.6. The average molecular weight is 924 g/mol. The lowest BCUT2D eigenvalue weighted by Gasteiger charge is -2.12.